The molecule has 5 nitrogen and oxygen atoms in total. The zero-order chi connectivity index (χ0) is 13.0. The summed E-state index contributed by atoms with van der Waals surface area (Å²) < 4.78 is 0. The number of nitrogens with one attached hydrogen (secondary N) is 2. The molecule has 18 heavy (non-hydrogen) atoms. The van der Waals surface area contributed by atoms with Gasteiger partial charge in [-0.05, 0) is 24.3 Å². The number of benzene rings is 1. The number of aldehydes is 1. The van der Waals surface area contributed by atoms with E-state index >= 15 is 0 Å². The van der Waals surface area contributed by atoms with Crippen LogP contribution in [0, 0.1) is 0 Å². The Kier molecular flexibility index (Phi) is 3.33. The molecule has 5 heteroatoms. The maximum atomic E-state index is 11.8. The van der Waals surface area contributed by atoms with Crippen LogP contribution < -0.4 is 10.7 Å². The minimum atomic E-state index is -0.490. The van der Waals surface area contributed by atoms with Crippen LogP contribution in [0.1, 0.15) is 20.7 Å². The maximum absolute atomic E-state index is 11.8. The molecule has 90 valence electrons. The number of H-pyrrole nitrogens is 1. The summed E-state index contributed by atoms with van der Waals surface area (Å²) in [5.74, 6) is -0.490. The molecule has 0 aliphatic rings. The molecule has 1 amide bonds. The highest BCUT2D eigenvalue weighted by atomic mass is 16.2. The van der Waals surface area contributed by atoms with Crippen molar-refractivity contribution in [2.45, 2.75) is 0 Å². The van der Waals surface area contributed by atoms with Gasteiger partial charge in [0.2, 0.25) is 0 Å². The Labute approximate surface area is 102 Å². The normalized spacial score (nSPS) is 9.78. The summed E-state index contributed by atoms with van der Waals surface area (Å²) in [6.07, 6.45) is 3.52. The van der Waals surface area contributed by atoms with Gasteiger partial charge >= 0.3 is 0 Å². The molecular formula is C13H10N2O3. The van der Waals surface area contributed by atoms with E-state index < -0.39 is 5.91 Å². The number of anilines is 1. The van der Waals surface area contributed by atoms with E-state index in [0.717, 1.165) is 0 Å². The molecule has 0 spiro atoms. The van der Waals surface area contributed by atoms with E-state index in [-0.39, 0.29) is 11.0 Å². The van der Waals surface area contributed by atoms with E-state index in [0.29, 0.717) is 17.5 Å². The first-order valence-corrected chi connectivity index (χ1v) is 5.24. The highest BCUT2D eigenvalue weighted by Gasteiger charge is 2.09. The third kappa shape index (κ3) is 2.52. The van der Waals surface area contributed by atoms with Gasteiger partial charge in [0, 0.05) is 29.7 Å². The number of pyridine rings is 1. The average molecular weight is 242 g/mol. The lowest BCUT2D eigenvalue weighted by molar-refractivity contribution is 0.102. The van der Waals surface area contributed by atoms with Crippen molar-refractivity contribution in [2.75, 3.05) is 5.32 Å². The van der Waals surface area contributed by atoms with Gasteiger partial charge in [-0.1, -0.05) is 0 Å². The number of hydrogen-bond acceptors (Lipinski definition) is 3. The maximum Gasteiger partial charge on any atom is 0.261 e. The molecule has 2 aromatic rings. The van der Waals surface area contributed by atoms with Crippen molar-refractivity contribution in [1.82, 2.24) is 4.98 Å². The second-order valence-corrected chi connectivity index (χ2v) is 3.62. The molecule has 0 aliphatic heterocycles. The van der Waals surface area contributed by atoms with Gasteiger partial charge in [-0.3, -0.25) is 14.4 Å². The first-order chi connectivity index (χ1) is 8.70. The number of hydrogen-bond donors (Lipinski definition) is 2. The fourth-order valence-electron chi connectivity index (χ4n) is 1.44. The molecule has 2 N–H and O–H groups in total. The topological polar surface area (TPSA) is 79.0 Å². The van der Waals surface area contributed by atoms with E-state index in [9.17, 15) is 14.4 Å². The van der Waals surface area contributed by atoms with Gasteiger partial charge in [-0.25, -0.2) is 0 Å². The number of rotatable bonds is 3. The Balaban J connectivity index is 2.19. The fraction of sp³-hybridized carbons (Fsp3) is 0. The number of carbonyl (C=O) groups excluding carboxylic acids is 2. The minimum absolute atomic E-state index is 0.0389. The van der Waals surface area contributed by atoms with E-state index in [4.69, 9.17) is 0 Å². The highest BCUT2D eigenvalue weighted by Crippen LogP contribution is 2.09. The van der Waals surface area contributed by atoms with Crippen LogP contribution in [0.5, 0.6) is 0 Å². The Hall–Kier alpha value is -2.69. The van der Waals surface area contributed by atoms with Crippen molar-refractivity contribution in [3.05, 3.63) is 64.1 Å². The lowest BCUT2D eigenvalue weighted by atomic mass is 10.2. The number of aromatic nitrogens is 1. The smallest absolute Gasteiger partial charge is 0.261 e. The molecule has 0 unspecified atom stereocenters. The zero-order valence-corrected chi connectivity index (χ0v) is 9.34. The van der Waals surface area contributed by atoms with E-state index in [1.165, 1.54) is 18.5 Å². The molecule has 0 fully saturated rings. The van der Waals surface area contributed by atoms with Gasteiger partial charge in [0.25, 0.3) is 5.91 Å². The summed E-state index contributed by atoms with van der Waals surface area (Å²) in [6, 6.07) is 7.64. The number of aromatic amines is 1. The largest absolute Gasteiger partial charge is 0.367 e. The highest BCUT2D eigenvalue weighted by molar-refractivity contribution is 6.04. The summed E-state index contributed by atoms with van der Waals surface area (Å²) in [5, 5.41) is 2.58. The van der Waals surface area contributed by atoms with Crippen molar-refractivity contribution < 1.29 is 9.59 Å². The molecular weight excluding hydrogens is 232 g/mol. The van der Waals surface area contributed by atoms with Crippen molar-refractivity contribution in [3.8, 4) is 0 Å². The van der Waals surface area contributed by atoms with Crippen LogP contribution in [-0.2, 0) is 0 Å². The van der Waals surface area contributed by atoms with Crippen molar-refractivity contribution in [3.63, 3.8) is 0 Å². The molecule has 0 saturated carbocycles. The third-order valence-corrected chi connectivity index (χ3v) is 2.37. The second kappa shape index (κ2) is 5.09. The molecule has 0 radical (unpaired) electrons. The molecule has 1 heterocycles. The van der Waals surface area contributed by atoms with Crippen molar-refractivity contribution in [1.29, 1.82) is 0 Å². The van der Waals surface area contributed by atoms with Crippen LogP contribution in [-0.4, -0.2) is 17.2 Å². The van der Waals surface area contributed by atoms with Gasteiger partial charge in [-0.2, -0.15) is 0 Å². The van der Waals surface area contributed by atoms with Crippen LogP contribution in [0.3, 0.4) is 0 Å². The number of carbonyl (C=O) groups is 2. The van der Waals surface area contributed by atoms with Gasteiger partial charge < -0.3 is 10.3 Å². The zero-order valence-electron chi connectivity index (χ0n) is 9.34. The fourth-order valence-corrected chi connectivity index (χ4v) is 1.44. The van der Waals surface area contributed by atoms with Gasteiger partial charge in [-0.15, -0.1) is 0 Å². The molecule has 0 aliphatic carbocycles. The number of amides is 1. The lowest BCUT2D eigenvalue weighted by Crippen LogP contribution is -2.20. The summed E-state index contributed by atoms with van der Waals surface area (Å²) in [7, 11) is 0. The SMILES string of the molecule is O=Cc1ccc(NC(=O)c2c[nH]ccc2=O)cc1. The minimum Gasteiger partial charge on any atom is -0.367 e. The molecule has 1 aromatic carbocycles. The van der Waals surface area contributed by atoms with E-state index in [1.807, 2.05) is 0 Å². The van der Waals surface area contributed by atoms with E-state index in [1.54, 1.807) is 24.3 Å². The quantitative estimate of drug-likeness (QED) is 0.799. The van der Waals surface area contributed by atoms with Crippen LogP contribution in [0.15, 0.2) is 47.5 Å². The van der Waals surface area contributed by atoms with Crippen LogP contribution >= 0.6 is 0 Å². The monoisotopic (exact) mass is 242 g/mol. The standard InChI is InChI=1S/C13H10N2O3/c16-8-9-1-3-10(4-2-9)15-13(18)11-7-14-6-5-12(11)17/h1-8H,(H,14,17)(H,15,18). The Morgan fingerprint density at radius 2 is 1.89 bits per heavy atom. The molecule has 0 saturated heterocycles. The molecule has 2 rings (SSSR count). The summed E-state index contributed by atoms with van der Waals surface area (Å²) in [6.45, 7) is 0. The van der Waals surface area contributed by atoms with Crippen LogP contribution in [0.4, 0.5) is 5.69 Å². The van der Waals surface area contributed by atoms with Gasteiger partial charge in [0.1, 0.15) is 11.8 Å². The van der Waals surface area contributed by atoms with Gasteiger partial charge in [0.15, 0.2) is 5.43 Å². The Bertz CT molecular complexity index is 629. The van der Waals surface area contributed by atoms with Crippen LogP contribution in [0.25, 0.3) is 0 Å². The molecule has 0 atom stereocenters. The first-order valence-electron chi connectivity index (χ1n) is 5.24. The predicted octanol–water partition coefficient (Wildman–Crippen LogP) is 1.44. The van der Waals surface area contributed by atoms with Crippen molar-refractivity contribution >= 4 is 17.9 Å². The predicted molar refractivity (Wildman–Crippen MR) is 66.8 cm³/mol. The molecule has 0 bridgehead atoms. The molecule has 1 aromatic heterocycles. The average Bonchev–Trinajstić information content (AvgIpc) is 2.40. The Morgan fingerprint density at radius 3 is 2.50 bits per heavy atom. The first kappa shape index (κ1) is 11.8. The second-order valence-electron chi connectivity index (χ2n) is 3.62. The Morgan fingerprint density at radius 1 is 1.17 bits per heavy atom. The lowest BCUT2D eigenvalue weighted by Gasteiger charge is -2.04. The summed E-state index contributed by atoms with van der Waals surface area (Å²) in [5.41, 5.74) is 0.729. The van der Waals surface area contributed by atoms with Crippen molar-refractivity contribution in [2.24, 2.45) is 0 Å². The van der Waals surface area contributed by atoms with Gasteiger partial charge in [0.05, 0.1) is 0 Å². The van der Waals surface area contributed by atoms with Crippen LogP contribution in [0.2, 0.25) is 0 Å². The summed E-state index contributed by atoms with van der Waals surface area (Å²) >= 11 is 0. The summed E-state index contributed by atoms with van der Waals surface area (Å²) in [4.78, 5) is 36.4. The third-order valence-electron chi connectivity index (χ3n) is 2.37. The van der Waals surface area contributed by atoms with E-state index in [2.05, 4.69) is 10.3 Å².